The minimum Gasteiger partial charge on any atom is -0.481 e. The van der Waals surface area contributed by atoms with Crippen molar-refractivity contribution in [2.45, 2.75) is 130 Å². The Morgan fingerprint density at radius 1 is 1.02 bits per heavy atom. The molecule has 1 saturated heterocycles. The van der Waals surface area contributed by atoms with Gasteiger partial charge < -0.3 is 39.7 Å². The minimum absolute atomic E-state index is 0.0685. The van der Waals surface area contributed by atoms with Crippen molar-refractivity contribution >= 4 is 23.7 Å². The molecule has 0 amide bonds. The van der Waals surface area contributed by atoms with Gasteiger partial charge in [-0.25, -0.2) is 4.79 Å². The average molecular weight is 781 g/mol. The summed E-state index contributed by atoms with van der Waals surface area (Å²) in [7, 11) is 0. The summed E-state index contributed by atoms with van der Waals surface area (Å²) in [4.78, 5) is 51.7. The Balaban J connectivity index is 1.53. The Labute approximate surface area is 329 Å². The van der Waals surface area contributed by atoms with Crippen molar-refractivity contribution in [1.29, 1.82) is 0 Å². The van der Waals surface area contributed by atoms with Gasteiger partial charge in [-0.05, 0) is 101 Å². The number of carbonyl (C=O) groups excluding carboxylic acids is 3. The molecule has 12 heteroatoms. The van der Waals surface area contributed by atoms with E-state index in [9.17, 15) is 44.7 Å². The smallest absolute Gasteiger partial charge is 0.341 e. The maximum atomic E-state index is 14.4. The van der Waals surface area contributed by atoms with Crippen LogP contribution in [0.2, 0.25) is 0 Å². The zero-order chi connectivity index (χ0) is 41.3. The van der Waals surface area contributed by atoms with Gasteiger partial charge in [-0.15, -0.1) is 0 Å². The molecule has 5 rings (SSSR count). The van der Waals surface area contributed by atoms with Gasteiger partial charge >= 0.3 is 17.9 Å². The number of fused-ring (bicyclic) bond motifs is 4. The molecule has 308 valence electrons. The first-order valence-electron chi connectivity index (χ1n) is 20.0. The third-order valence-corrected chi connectivity index (χ3v) is 12.8. The lowest BCUT2D eigenvalue weighted by molar-refractivity contribution is -0.274. The zero-order valence-electron chi connectivity index (χ0n) is 33.8. The molecule has 12 nitrogen and oxygen atoms in total. The molecule has 3 fully saturated rings. The van der Waals surface area contributed by atoms with Gasteiger partial charge in [-0.1, -0.05) is 68.4 Å². The van der Waals surface area contributed by atoms with E-state index in [2.05, 4.69) is 6.08 Å². The molecule has 0 aromatic carbocycles. The number of aliphatic carboxylic acids is 1. The highest BCUT2D eigenvalue weighted by atomic mass is 16.7. The maximum absolute atomic E-state index is 14.4. The number of esters is 2. The lowest BCUT2D eigenvalue weighted by Gasteiger charge is -2.45. The van der Waals surface area contributed by atoms with E-state index in [1.54, 1.807) is 6.92 Å². The summed E-state index contributed by atoms with van der Waals surface area (Å²) in [6, 6.07) is 0. The number of hydrogen-bond acceptors (Lipinski definition) is 11. The predicted octanol–water partition coefficient (Wildman–Crippen LogP) is 4.92. The standard InChI is InChI=1S/C44H60O12/c1-20(16-21(2)17-32(45)26(7)41(50)51)12-10-9-11-13-28-23(4)18-31-29(15-14-22(3)40(31)55-44-39(49)38(48)37(47)27(8)54-44)36-35(28)34-25(6)33(46)19-30(34)24(5)42(52)56-43(36)53/h9-13,18,21-22,25-29,31-33,36-37,39-40,44-47,49H,14-17,19H2,1-8H3,(H,50,51). The number of cyclic esters (lactones) is 2. The van der Waals surface area contributed by atoms with E-state index >= 15 is 0 Å². The number of carboxylic acid groups (broad SMARTS) is 1. The highest BCUT2D eigenvalue weighted by molar-refractivity contribution is 5.99. The van der Waals surface area contributed by atoms with E-state index < -0.39 is 96.2 Å². The van der Waals surface area contributed by atoms with Crippen molar-refractivity contribution in [2.75, 3.05) is 0 Å². The number of aliphatic hydroxyl groups is 4. The van der Waals surface area contributed by atoms with Crippen LogP contribution in [-0.4, -0.2) is 92.1 Å². The molecule has 15 atom stereocenters. The molecule has 5 aliphatic rings. The molecular formula is C44H60O12. The molecular weight excluding hydrogens is 720 g/mol. The molecule has 0 bridgehead atoms. The Morgan fingerprint density at radius 2 is 1.71 bits per heavy atom. The van der Waals surface area contributed by atoms with Gasteiger partial charge in [0, 0.05) is 23.3 Å². The maximum Gasteiger partial charge on any atom is 0.341 e. The third-order valence-electron chi connectivity index (χ3n) is 12.8. The van der Waals surface area contributed by atoms with Gasteiger partial charge in [-0.2, -0.15) is 0 Å². The molecule has 3 aliphatic carbocycles. The van der Waals surface area contributed by atoms with Gasteiger partial charge in [-0.3, -0.25) is 14.4 Å². The number of aliphatic hydroxyl groups excluding tert-OH is 4. The molecule has 2 aliphatic heterocycles. The van der Waals surface area contributed by atoms with E-state index in [-0.39, 0.29) is 24.2 Å². The topological polar surface area (TPSA) is 197 Å². The van der Waals surface area contributed by atoms with Crippen LogP contribution < -0.4 is 0 Å². The zero-order valence-corrected chi connectivity index (χ0v) is 33.8. The Morgan fingerprint density at radius 3 is 2.39 bits per heavy atom. The number of ether oxygens (including phenoxy) is 3. The fourth-order valence-corrected chi connectivity index (χ4v) is 9.45. The van der Waals surface area contributed by atoms with Crippen LogP contribution in [0.1, 0.15) is 87.5 Å². The van der Waals surface area contributed by atoms with Crippen LogP contribution in [0.4, 0.5) is 0 Å². The number of Topliss-reactive ketones (excluding diaryl/α,β-unsaturated/α-hetero) is 1. The summed E-state index contributed by atoms with van der Waals surface area (Å²) in [6.07, 6.45) is 6.63. The summed E-state index contributed by atoms with van der Waals surface area (Å²) in [5.41, 5.74) is 4.56. The Bertz CT molecular complexity index is 1730. The lowest BCUT2D eigenvalue weighted by Crippen LogP contribution is -2.57. The second-order valence-corrected chi connectivity index (χ2v) is 17.0. The van der Waals surface area contributed by atoms with Gasteiger partial charge in [0.2, 0.25) is 0 Å². The predicted molar refractivity (Wildman–Crippen MR) is 206 cm³/mol. The van der Waals surface area contributed by atoms with Gasteiger partial charge in [0.15, 0.2) is 18.2 Å². The Hall–Kier alpha value is -3.52. The second-order valence-electron chi connectivity index (χ2n) is 17.0. The lowest BCUT2D eigenvalue weighted by atomic mass is 9.65. The van der Waals surface area contributed by atoms with Crippen LogP contribution in [-0.2, 0) is 33.4 Å². The molecule has 2 saturated carbocycles. The fourth-order valence-electron chi connectivity index (χ4n) is 9.45. The SMILES string of the molecule is CC(=CC=CC=CC1C(C)=CC2C(CCC(C)C2OC2OC(C)C(O)C(=O)C2O)C2C(=O)OC(=O)C(C)=C3CC(O)C(C)C3=C12)CC(C)CC(O)C(C)C(=O)O. The molecule has 0 spiro atoms. The van der Waals surface area contributed by atoms with Crippen molar-refractivity contribution in [2.24, 2.45) is 47.3 Å². The number of hydrogen-bond donors (Lipinski definition) is 5. The van der Waals surface area contributed by atoms with Crippen molar-refractivity contribution in [1.82, 2.24) is 0 Å². The average Bonchev–Trinajstić information content (AvgIpc) is 3.36. The van der Waals surface area contributed by atoms with Gasteiger partial charge in [0.1, 0.15) is 6.10 Å². The van der Waals surface area contributed by atoms with Crippen LogP contribution in [0, 0.1) is 47.3 Å². The molecule has 0 aromatic rings. The highest BCUT2D eigenvalue weighted by Crippen LogP contribution is 2.54. The first-order valence-corrected chi connectivity index (χ1v) is 20.0. The van der Waals surface area contributed by atoms with E-state index in [1.165, 1.54) is 13.8 Å². The van der Waals surface area contributed by atoms with E-state index in [4.69, 9.17) is 14.2 Å². The Kier molecular flexibility index (Phi) is 14.0. The fraction of sp³-hybridized carbons (Fsp3) is 0.636. The highest BCUT2D eigenvalue weighted by Gasteiger charge is 2.53. The summed E-state index contributed by atoms with van der Waals surface area (Å²) in [5.74, 6) is -6.51. The molecule has 5 N–H and O–H groups in total. The molecule has 15 unspecified atom stereocenters. The number of carboxylic acids is 1. The molecule has 0 radical (unpaired) electrons. The van der Waals surface area contributed by atoms with Crippen molar-refractivity contribution in [3.05, 3.63) is 69.9 Å². The molecule has 56 heavy (non-hydrogen) atoms. The largest absolute Gasteiger partial charge is 0.481 e. The van der Waals surface area contributed by atoms with Crippen LogP contribution >= 0.6 is 0 Å². The van der Waals surface area contributed by atoms with Gasteiger partial charge in [0.25, 0.3) is 0 Å². The first kappa shape index (κ1) is 43.6. The monoisotopic (exact) mass is 780 g/mol. The van der Waals surface area contributed by atoms with Crippen LogP contribution in [0.5, 0.6) is 0 Å². The van der Waals surface area contributed by atoms with E-state index in [0.29, 0.717) is 36.8 Å². The van der Waals surface area contributed by atoms with E-state index in [1.807, 2.05) is 65.0 Å². The molecule has 2 heterocycles. The number of allylic oxidation sites excluding steroid dienone is 7. The van der Waals surface area contributed by atoms with Gasteiger partial charge in [0.05, 0.1) is 36.3 Å². The second kappa shape index (κ2) is 18.0. The van der Waals surface area contributed by atoms with Crippen molar-refractivity contribution < 1.29 is 58.9 Å². The number of carbonyl (C=O) groups is 4. The van der Waals surface area contributed by atoms with Crippen molar-refractivity contribution in [3.8, 4) is 0 Å². The summed E-state index contributed by atoms with van der Waals surface area (Å²) < 4.78 is 17.9. The van der Waals surface area contributed by atoms with Crippen LogP contribution in [0.25, 0.3) is 0 Å². The normalized spacial score (nSPS) is 37.3. The van der Waals surface area contributed by atoms with E-state index in [0.717, 1.165) is 22.3 Å². The number of rotatable bonds is 11. The molecule has 0 aromatic heterocycles. The summed E-state index contributed by atoms with van der Waals surface area (Å²) in [6.45, 7) is 14.6. The third kappa shape index (κ3) is 8.95. The van der Waals surface area contributed by atoms with Crippen molar-refractivity contribution in [3.63, 3.8) is 0 Å². The summed E-state index contributed by atoms with van der Waals surface area (Å²) >= 11 is 0. The quantitative estimate of drug-likeness (QED) is 0.0823. The summed E-state index contributed by atoms with van der Waals surface area (Å²) in [5, 5.41) is 51.8. The minimum atomic E-state index is -1.70. The first-order chi connectivity index (χ1) is 26.3. The van der Waals surface area contributed by atoms with Crippen LogP contribution in [0.15, 0.2) is 69.9 Å². The number of ketones is 1. The van der Waals surface area contributed by atoms with Crippen LogP contribution in [0.3, 0.4) is 0 Å².